The van der Waals surface area contributed by atoms with Gasteiger partial charge in [-0.3, -0.25) is 0 Å². The number of hydrogen-bond acceptors (Lipinski definition) is 4. The molecule has 4 heteroatoms. The van der Waals surface area contributed by atoms with Gasteiger partial charge in [0.1, 0.15) is 17.9 Å². The Hall–Kier alpha value is -2.28. The highest BCUT2D eigenvalue weighted by Gasteiger charge is 2.38. The van der Waals surface area contributed by atoms with E-state index in [1.54, 1.807) is 0 Å². The van der Waals surface area contributed by atoms with Gasteiger partial charge in [0.15, 0.2) is 0 Å². The summed E-state index contributed by atoms with van der Waals surface area (Å²) in [5.41, 5.74) is 8.07. The molecule has 1 aliphatic heterocycles. The zero-order chi connectivity index (χ0) is 12.7. The molecule has 0 bridgehead atoms. The number of hydrogen-bond donors (Lipinski definition) is 2. The van der Waals surface area contributed by atoms with E-state index in [9.17, 15) is 0 Å². The quantitative estimate of drug-likeness (QED) is 0.723. The molecule has 1 aromatic carbocycles. The first-order valence-electron chi connectivity index (χ1n) is 5.93. The van der Waals surface area contributed by atoms with Crippen molar-refractivity contribution >= 4 is 5.71 Å². The van der Waals surface area contributed by atoms with Crippen molar-refractivity contribution in [3.63, 3.8) is 0 Å². The molecule has 4 nitrogen and oxygen atoms in total. The number of nitrogens with one attached hydrogen (secondary N) is 1. The molecule has 90 valence electrons. The van der Waals surface area contributed by atoms with Crippen molar-refractivity contribution in [2.45, 2.75) is 18.9 Å². The lowest BCUT2D eigenvalue weighted by Crippen LogP contribution is -2.43. The average Bonchev–Trinajstić information content (AvgIpc) is 2.37. The van der Waals surface area contributed by atoms with E-state index >= 15 is 0 Å². The van der Waals surface area contributed by atoms with Crippen molar-refractivity contribution in [3.8, 4) is 11.8 Å². The first-order chi connectivity index (χ1) is 8.70. The van der Waals surface area contributed by atoms with E-state index in [2.05, 4.69) is 0 Å². The number of nitriles is 1. The second kappa shape index (κ2) is 3.88. The second-order valence-electron chi connectivity index (χ2n) is 4.70. The minimum Gasteiger partial charge on any atom is -0.489 e. The minimum atomic E-state index is -0.107. The van der Waals surface area contributed by atoms with Gasteiger partial charge in [-0.15, -0.1) is 0 Å². The maximum absolute atomic E-state index is 9.05. The van der Waals surface area contributed by atoms with Crippen molar-refractivity contribution in [2.75, 3.05) is 0 Å². The minimum absolute atomic E-state index is 0.0538. The molecule has 0 radical (unpaired) electrons. The van der Waals surface area contributed by atoms with Gasteiger partial charge in [0.2, 0.25) is 0 Å². The van der Waals surface area contributed by atoms with Gasteiger partial charge < -0.3 is 15.9 Å². The Morgan fingerprint density at radius 3 is 2.89 bits per heavy atom. The lowest BCUT2D eigenvalue weighted by molar-refractivity contribution is 0.141. The van der Waals surface area contributed by atoms with Gasteiger partial charge in [-0.1, -0.05) is 18.2 Å². The second-order valence-corrected chi connectivity index (χ2v) is 4.70. The molecule has 0 saturated carbocycles. The summed E-state index contributed by atoms with van der Waals surface area (Å²) in [4.78, 5) is 0. The summed E-state index contributed by atoms with van der Waals surface area (Å²) in [7, 11) is 0. The monoisotopic (exact) mass is 239 g/mol. The summed E-state index contributed by atoms with van der Waals surface area (Å²) in [5.74, 6) is 0.821. The summed E-state index contributed by atoms with van der Waals surface area (Å²) in [5, 5.41) is 17.2. The molecule has 0 aromatic heterocycles. The fourth-order valence-electron chi connectivity index (χ4n) is 2.68. The Labute approximate surface area is 105 Å². The fourth-order valence-corrected chi connectivity index (χ4v) is 2.68. The number of nitrogens with zero attached hydrogens (tertiary/aromatic N) is 1. The van der Waals surface area contributed by atoms with Crippen LogP contribution in [0.1, 0.15) is 12.0 Å². The van der Waals surface area contributed by atoms with Crippen LogP contribution < -0.4 is 10.5 Å². The standard InChI is InChI=1S/C14H13N3O/c15-7-10-11(16)6-13-9(14(10)17)5-8-3-1-2-4-12(8)18-13/h1-4,9,13,17H,5-6,16H2. The van der Waals surface area contributed by atoms with E-state index in [1.807, 2.05) is 30.3 Å². The van der Waals surface area contributed by atoms with Gasteiger partial charge in [0.05, 0.1) is 11.3 Å². The Kier molecular flexibility index (Phi) is 2.34. The van der Waals surface area contributed by atoms with E-state index < -0.39 is 0 Å². The fraction of sp³-hybridized carbons (Fsp3) is 0.286. The Morgan fingerprint density at radius 1 is 1.33 bits per heavy atom. The molecule has 0 fully saturated rings. The molecule has 2 atom stereocenters. The zero-order valence-corrected chi connectivity index (χ0v) is 9.81. The molecule has 3 N–H and O–H groups in total. The van der Waals surface area contributed by atoms with E-state index in [0.29, 0.717) is 23.4 Å². The Balaban J connectivity index is 2.00. The van der Waals surface area contributed by atoms with Crippen molar-refractivity contribution in [3.05, 3.63) is 41.1 Å². The molecular formula is C14H13N3O. The van der Waals surface area contributed by atoms with E-state index in [1.165, 1.54) is 0 Å². The normalized spacial score (nSPS) is 25.8. The summed E-state index contributed by atoms with van der Waals surface area (Å²) >= 11 is 0. The third-order valence-electron chi connectivity index (χ3n) is 3.63. The Morgan fingerprint density at radius 2 is 2.11 bits per heavy atom. The molecule has 0 spiro atoms. The third-order valence-corrected chi connectivity index (χ3v) is 3.63. The SMILES string of the molecule is N#CC1=C(N)CC2Oc3ccccc3CC2C1=N. The maximum Gasteiger partial charge on any atom is 0.122 e. The first-order valence-corrected chi connectivity index (χ1v) is 5.93. The van der Waals surface area contributed by atoms with Gasteiger partial charge in [-0.25, -0.2) is 0 Å². The topological polar surface area (TPSA) is 82.9 Å². The summed E-state index contributed by atoms with van der Waals surface area (Å²) < 4.78 is 5.91. The van der Waals surface area contributed by atoms with E-state index in [0.717, 1.165) is 17.7 Å². The van der Waals surface area contributed by atoms with Crippen LogP contribution in [0.3, 0.4) is 0 Å². The summed E-state index contributed by atoms with van der Waals surface area (Å²) in [6.07, 6.45) is 1.17. The maximum atomic E-state index is 9.05. The molecule has 1 aromatic rings. The van der Waals surface area contributed by atoms with Gasteiger partial charge in [0.25, 0.3) is 0 Å². The van der Waals surface area contributed by atoms with Crippen molar-refractivity contribution in [2.24, 2.45) is 11.7 Å². The van der Waals surface area contributed by atoms with Crippen LogP contribution in [0.25, 0.3) is 0 Å². The van der Waals surface area contributed by atoms with Crippen LogP contribution in [-0.2, 0) is 6.42 Å². The van der Waals surface area contributed by atoms with Gasteiger partial charge in [-0.05, 0) is 18.1 Å². The number of para-hydroxylation sites is 1. The molecular weight excluding hydrogens is 226 g/mol. The molecule has 0 saturated heterocycles. The highest BCUT2D eigenvalue weighted by molar-refractivity contribution is 6.05. The summed E-state index contributed by atoms with van der Waals surface area (Å²) in [6, 6.07) is 9.88. The van der Waals surface area contributed by atoms with Crippen LogP contribution in [0.15, 0.2) is 35.5 Å². The van der Waals surface area contributed by atoms with Crippen LogP contribution in [0, 0.1) is 22.7 Å². The molecule has 2 aliphatic rings. The molecule has 1 aliphatic carbocycles. The molecule has 0 amide bonds. The Bertz CT molecular complexity index is 597. The van der Waals surface area contributed by atoms with E-state index in [4.69, 9.17) is 21.1 Å². The van der Waals surface area contributed by atoms with Crippen LogP contribution >= 0.6 is 0 Å². The largest absolute Gasteiger partial charge is 0.489 e. The van der Waals surface area contributed by atoms with Gasteiger partial charge in [0, 0.05) is 18.0 Å². The third kappa shape index (κ3) is 1.48. The number of allylic oxidation sites excluding steroid dienone is 1. The first kappa shape index (κ1) is 10.8. The lowest BCUT2D eigenvalue weighted by Gasteiger charge is -2.37. The molecule has 2 unspecified atom stereocenters. The van der Waals surface area contributed by atoms with Crippen molar-refractivity contribution < 1.29 is 4.74 Å². The zero-order valence-electron chi connectivity index (χ0n) is 9.81. The predicted octanol–water partition coefficient (Wildman–Crippen LogP) is 1.77. The van der Waals surface area contributed by atoms with Gasteiger partial charge >= 0.3 is 0 Å². The van der Waals surface area contributed by atoms with Crippen LogP contribution in [0.2, 0.25) is 0 Å². The van der Waals surface area contributed by atoms with Crippen molar-refractivity contribution in [1.82, 2.24) is 0 Å². The number of nitrogens with two attached hydrogens (primary N) is 1. The molecule has 3 rings (SSSR count). The number of ether oxygens (including phenoxy) is 1. The van der Waals surface area contributed by atoms with Gasteiger partial charge in [-0.2, -0.15) is 5.26 Å². The highest BCUT2D eigenvalue weighted by atomic mass is 16.5. The molecule has 18 heavy (non-hydrogen) atoms. The molecule has 1 heterocycles. The number of benzene rings is 1. The van der Waals surface area contributed by atoms with Crippen molar-refractivity contribution in [1.29, 1.82) is 10.7 Å². The predicted molar refractivity (Wildman–Crippen MR) is 67.2 cm³/mol. The summed E-state index contributed by atoms with van der Waals surface area (Å²) in [6.45, 7) is 0. The number of fused-ring (bicyclic) bond motifs is 2. The highest BCUT2D eigenvalue weighted by Crippen LogP contribution is 2.37. The van der Waals surface area contributed by atoms with Crippen LogP contribution in [-0.4, -0.2) is 11.8 Å². The average molecular weight is 239 g/mol. The van der Waals surface area contributed by atoms with Crippen LogP contribution in [0.5, 0.6) is 5.75 Å². The van der Waals surface area contributed by atoms with E-state index in [-0.39, 0.29) is 12.0 Å². The lowest BCUT2D eigenvalue weighted by atomic mass is 9.78. The smallest absolute Gasteiger partial charge is 0.122 e. The van der Waals surface area contributed by atoms with Crippen LogP contribution in [0.4, 0.5) is 0 Å². The number of rotatable bonds is 0.